The summed E-state index contributed by atoms with van der Waals surface area (Å²) in [4.78, 5) is 4.98. The molecule has 1 aromatic heterocycles. The van der Waals surface area contributed by atoms with E-state index in [1.807, 2.05) is 0 Å². The maximum absolute atomic E-state index is 4.98. The fourth-order valence-electron chi connectivity index (χ4n) is 6.69. The Morgan fingerprint density at radius 3 is 2.13 bits per heavy atom. The lowest BCUT2D eigenvalue weighted by atomic mass is 9.82. The van der Waals surface area contributed by atoms with E-state index in [0.29, 0.717) is 5.92 Å². The summed E-state index contributed by atoms with van der Waals surface area (Å²) in [5, 5.41) is 9.38. The van der Waals surface area contributed by atoms with Gasteiger partial charge in [-0.2, -0.15) is 0 Å². The van der Waals surface area contributed by atoms with E-state index in [1.54, 1.807) is 0 Å². The lowest BCUT2D eigenvalue weighted by molar-refractivity contribution is 0.591. The number of rotatable bonds is 1. The highest BCUT2D eigenvalue weighted by Gasteiger charge is 2.29. The minimum absolute atomic E-state index is 0.123. The van der Waals surface area contributed by atoms with Crippen molar-refractivity contribution >= 4 is 43.2 Å². The lowest BCUT2D eigenvalue weighted by Crippen LogP contribution is -2.10. The number of pyridine rings is 1. The van der Waals surface area contributed by atoms with Crippen LogP contribution >= 0.6 is 0 Å². The largest absolute Gasteiger partial charge is 0.248 e. The molecule has 38 heavy (non-hydrogen) atoms. The van der Waals surface area contributed by atoms with Crippen LogP contribution in [0.2, 0.25) is 0 Å². The normalized spacial score (nSPS) is 15.1. The second-order valence-electron chi connectivity index (χ2n) is 12.1. The highest BCUT2D eigenvalue weighted by atomic mass is 14.7. The molecule has 0 bridgehead atoms. The van der Waals surface area contributed by atoms with Crippen LogP contribution in [0, 0.1) is 0 Å². The Morgan fingerprint density at radius 1 is 0.632 bits per heavy atom. The van der Waals surface area contributed by atoms with E-state index >= 15 is 0 Å². The van der Waals surface area contributed by atoms with Gasteiger partial charge in [-0.05, 0) is 89.8 Å². The SMILES string of the molecule is CC1c2cc(-c3ccc4ccccc4n3)ccc2-c2c1cc1ccc3cc(C(C)(C)C)cc4ccc2c1c34. The van der Waals surface area contributed by atoms with Crippen molar-refractivity contribution in [3.63, 3.8) is 0 Å². The van der Waals surface area contributed by atoms with Gasteiger partial charge in [0.2, 0.25) is 0 Å². The van der Waals surface area contributed by atoms with Gasteiger partial charge in [-0.25, -0.2) is 4.98 Å². The summed E-state index contributed by atoms with van der Waals surface area (Å²) >= 11 is 0. The third-order valence-corrected chi connectivity index (χ3v) is 8.76. The summed E-state index contributed by atoms with van der Waals surface area (Å²) in [5.74, 6) is 0.342. The van der Waals surface area contributed by atoms with Crippen LogP contribution < -0.4 is 0 Å². The van der Waals surface area contributed by atoms with Gasteiger partial charge in [0.1, 0.15) is 0 Å². The van der Waals surface area contributed by atoms with Gasteiger partial charge in [-0.1, -0.05) is 100 Å². The summed E-state index contributed by atoms with van der Waals surface area (Å²) < 4.78 is 0. The van der Waals surface area contributed by atoms with Gasteiger partial charge in [0, 0.05) is 16.9 Å². The van der Waals surface area contributed by atoms with Gasteiger partial charge in [0.15, 0.2) is 0 Å². The number of aromatic nitrogens is 1. The Morgan fingerprint density at radius 2 is 1.34 bits per heavy atom. The molecule has 1 aliphatic carbocycles. The maximum atomic E-state index is 4.98. The Balaban J connectivity index is 1.35. The van der Waals surface area contributed by atoms with Gasteiger partial charge in [-0.3, -0.25) is 0 Å². The number of hydrogen-bond acceptors (Lipinski definition) is 1. The fraction of sp³-hybridized carbons (Fsp3) is 0.162. The second kappa shape index (κ2) is 7.42. The number of benzene rings is 6. The van der Waals surface area contributed by atoms with Crippen molar-refractivity contribution in [2.75, 3.05) is 0 Å². The first-order valence-electron chi connectivity index (χ1n) is 13.6. The standard InChI is InChI=1S/C37H29N/c1-21-30-19-23(33-16-13-22-7-5-6-8-32(22)38-33)11-14-28(30)36-29-15-12-25-18-27(37(2,3)4)17-24-9-10-26(20-31(21)36)35(29)34(24)25/h5-21H,1-4H3. The molecule has 7 aromatic rings. The zero-order chi connectivity index (χ0) is 25.8. The van der Waals surface area contributed by atoms with E-state index in [2.05, 4.69) is 125 Å². The van der Waals surface area contributed by atoms with E-state index < -0.39 is 0 Å². The number of hydrogen-bond donors (Lipinski definition) is 0. The Kier molecular flexibility index (Phi) is 4.26. The van der Waals surface area contributed by atoms with E-state index in [0.717, 1.165) is 11.2 Å². The van der Waals surface area contributed by atoms with Crippen molar-refractivity contribution in [3.8, 4) is 22.4 Å². The predicted octanol–water partition coefficient (Wildman–Crippen LogP) is 10.2. The molecule has 8 rings (SSSR count). The van der Waals surface area contributed by atoms with E-state index in [9.17, 15) is 0 Å². The van der Waals surface area contributed by atoms with E-state index in [-0.39, 0.29) is 5.41 Å². The molecule has 1 heteroatoms. The first-order chi connectivity index (χ1) is 18.4. The molecular formula is C37H29N. The zero-order valence-electron chi connectivity index (χ0n) is 22.3. The van der Waals surface area contributed by atoms with Crippen LogP contribution in [-0.4, -0.2) is 4.98 Å². The average molecular weight is 488 g/mol. The molecule has 6 aromatic carbocycles. The van der Waals surface area contributed by atoms with Crippen molar-refractivity contribution in [2.45, 2.75) is 39.0 Å². The van der Waals surface area contributed by atoms with Crippen LogP contribution in [0.15, 0.2) is 97.1 Å². The van der Waals surface area contributed by atoms with Gasteiger partial charge in [0.25, 0.3) is 0 Å². The Labute approximate surface area is 223 Å². The van der Waals surface area contributed by atoms with Gasteiger partial charge < -0.3 is 0 Å². The average Bonchev–Trinajstić information content (AvgIpc) is 3.21. The molecule has 0 radical (unpaired) electrons. The van der Waals surface area contributed by atoms with Crippen molar-refractivity contribution in [1.29, 1.82) is 0 Å². The minimum atomic E-state index is 0.123. The van der Waals surface area contributed by atoms with Gasteiger partial charge >= 0.3 is 0 Å². The van der Waals surface area contributed by atoms with Gasteiger partial charge in [-0.15, -0.1) is 0 Å². The quantitative estimate of drug-likeness (QED) is 0.210. The molecule has 0 N–H and O–H groups in total. The molecule has 1 atom stereocenters. The molecule has 1 unspecified atom stereocenters. The summed E-state index contributed by atoms with van der Waals surface area (Å²) in [6, 6.07) is 36.2. The summed E-state index contributed by atoms with van der Waals surface area (Å²) in [6.45, 7) is 9.25. The van der Waals surface area contributed by atoms with Crippen LogP contribution in [0.4, 0.5) is 0 Å². The summed E-state index contributed by atoms with van der Waals surface area (Å²) in [5.41, 5.74) is 10.4. The molecule has 0 amide bonds. The predicted molar refractivity (Wildman–Crippen MR) is 163 cm³/mol. The topological polar surface area (TPSA) is 12.9 Å². The number of para-hydroxylation sites is 1. The third kappa shape index (κ3) is 2.96. The zero-order valence-corrected chi connectivity index (χ0v) is 22.3. The van der Waals surface area contributed by atoms with E-state index in [1.165, 1.54) is 71.1 Å². The van der Waals surface area contributed by atoms with Crippen LogP contribution in [0.25, 0.3) is 65.6 Å². The molecule has 1 nitrogen and oxygen atoms in total. The van der Waals surface area contributed by atoms with Crippen LogP contribution in [0.5, 0.6) is 0 Å². The molecule has 1 aliphatic rings. The highest BCUT2D eigenvalue weighted by Crippen LogP contribution is 2.51. The Hall–Kier alpha value is -4.23. The lowest BCUT2D eigenvalue weighted by Gasteiger charge is -2.22. The smallest absolute Gasteiger partial charge is 0.0709 e. The molecule has 1 heterocycles. The fourth-order valence-corrected chi connectivity index (χ4v) is 6.69. The number of nitrogens with zero attached hydrogens (tertiary/aromatic N) is 1. The van der Waals surface area contributed by atoms with Crippen LogP contribution in [0.1, 0.15) is 50.3 Å². The molecule has 0 saturated carbocycles. The van der Waals surface area contributed by atoms with Crippen molar-refractivity contribution < 1.29 is 0 Å². The van der Waals surface area contributed by atoms with Gasteiger partial charge in [0.05, 0.1) is 11.2 Å². The van der Waals surface area contributed by atoms with E-state index in [4.69, 9.17) is 4.98 Å². The Bertz CT molecular complexity index is 2050. The first kappa shape index (κ1) is 21.8. The second-order valence-corrected chi connectivity index (χ2v) is 12.1. The van der Waals surface area contributed by atoms with Crippen molar-refractivity contribution in [2.24, 2.45) is 0 Å². The molecule has 0 fully saturated rings. The summed E-state index contributed by atoms with van der Waals surface area (Å²) in [7, 11) is 0. The van der Waals surface area contributed by atoms with Crippen LogP contribution in [-0.2, 0) is 5.41 Å². The van der Waals surface area contributed by atoms with Crippen LogP contribution in [0.3, 0.4) is 0 Å². The molecule has 182 valence electrons. The molecule has 0 spiro atoms. The maximum Gasteiger partial charge on any atom is 0.0709 e. The molecule has 0 aliphatic heterocycles. The van der Waals surface area contributed by atoms with Crippen molar-refractivity contribution in [3.05, 3.63) is 114 Å². The third-order valence-electron chi connectivity index (χ3n) is 8.76. The highest BCUT2D eigenvalue weighted by molar-refractivity contribution is 6.26. The molecule has 0 saturated heterocycles. The molecular weight excluding hydrogens is 458 g/mol. The van der Waals surface area contributed by atoms with Crippen molar-refractivity contribution in [1.82, 2.24) is 4.98 Å². The minimum Gasteiger partial charge on any atom is -0.248 e. The first-order valence-corrected chi connectivity index (χ1v) is 13.6. The number of fused-ring (bicyclic) bond motifs is 5. The summed E-state index contributed by atoms with van der Waals surface area (Å²) in [6.07, 6.45) is 0. The monoisotopic (exact) mass is 487 g/mol.